The monoisotopic (exact) mass is 472 g/mol. The second kappa shape index (κ2) is 12.4. The van der Waals surface area contributed by atoms with Crippen LogP contribution in [0.3, 0.4) is 0 Å². The number of methoxy groups -OCH3 is 1. The molecule has 0 aliphatic heterocycles. The van der Waals surface area contributed by atoms with Crippen LogP contribution < -0.4 is 15.4 Å². The molecule has 0 bridgehead atoms. The zero-order chi connectivity index (χ0) is 23.0. The third kappa shape index (κ3) is 6.64. The number of hydrogen-bond acceptors (Lipinski definition) is 4. The van der Waals surface area contributed by atoms with E-state index >= 15 is 0 Å². The Labute approximate surface area is 190 Å². The summed E-state index contributed by atoms with van der Waals surface area (Å²) in [5, 5.41) is 0.148. The van der Waals surface area contributed by atoms with Crippen LogP contribution in [0, 0.1) is 5.82 Å². The summed E-state index contributed by atoms with van der Waals surface area (Å²) in [6.07, 6.45) is 4.18. The summed E-state index contributed by atoms with van der Waals surface area (Å²) in [6, 6.07) is 2.62. The Bertz CT molecular complexity index is 834. The van der Waals surface area contributed by atoms with Crippen molar-refractivity contribution in [1.29, 1.82) is 0 Å². The summed E-state index contributed by atoms with van der Waals surface area (Å²) < 4.78 is 26.1. The van der Waals surface area contributed by atoms with Crippen LogP contribution in [-0.4, -0.2) is 44.1 Å². The van der Waals surface area contributed by atoms with E-state index in [0.29, 0.717) is 38.3 Å². The first kappa shape index (κ1) is 25.6. The normalized spacial score (nSPS) is 15.4. The maximum Gasteiger partial charge on any atom is 0.254 e. The predicted octanol–water partition coefficient (Wildman–Crippen LogP) is 4.63. The zero-order valence-electron chi connectivity index (χ0n) is 18.3. The number of amides is 2. The molecule has 172 valence electrons. The number of anilines is 1. The summed E-state index contributed by atoms with van der Waals surface area (Å²) in [6.45, 7) is 4.39. The molecule has 2 unspecified atom stereocenters. The summed E-state index contributed by atoms with van der Waals surface area (Å²) in [5.41, 5.74) is 6.20. The Kier molecular flexibility index (Phi) is 10.2. The minimum absolute atomic E-state index is 0.0357. The van der Waals surface area contributed by atoms with E-state index < -0.39 is 17.6 Å². The number of halogens is 2. The molecule has 0 spiro atoms. The lowest BCUT2D eigenvalue weighted by atomic mass is 9.90. The first-order valence-electron chi connectivity index (χ1n) is 10.6. The predicted molar refractivity (Wildman–Crippen MR) is 124 cm³/mol. The molecule has 0 saturated carbocycles. The molecule has 1 aliphatic carbocycles. The molecule has 31 heavy (non-hydrogen) atoms. The fourth-order valence-electron chi connectivity index (χ4n) is 3.56. The van der Waals surface area contributed by atoms with Crippen molar-refractivity contribution in [3.63, 3.8) is 0 Å². The highest BCUT2D eigenvalue weighted by molar-refractivity contribution is 7.38. The van der Waals surface area contributed by atoms with Gasteiger partial charge >= 0.3 is 0 Å². The van der Waals surface area contributed by atoms with Crippen LogP contribution in [0.4, 0.5) is 10.1 Å². The van der Waals surface area contributed by atoms with Gasteiger partial charge in [0.1, 0.15) is 17.4 Å². The van der Waals surface area contributed by atoms with Crippen LogP contribution in [-0.2, 0) is 14.3 Å². The molecule has 0 radical (unpaired) electrons. The van der Waals surface area contributed by atoms with Crippen LogP contribution in [0.25, 0.3) is 0 Å². The fraction of sp³-hybridized carbons (Fsp3) is 0.545. The van der Waals surface area contributed by atoms with Crippen molar-refractivity contribution in [2.45, 2.75) is 51.8 Å². The number of ether oxygens (including phenoxy) is 2. The molecule has 9 heteroatoms. The molecule has 0 aromatic heterocycles. The highest BCUT2D eigenvalue weighted by Gasteiger charge is 2.29. The van der Waals surface area contributed by atoms with E-state index in [1.165, 1.54) is 18.1 Å². The van der Waals surface area contributed by atoms with Crippen molar-refractivity contribution >= 4 is 37.7 Å². The molecule has 6 nitrogen and oxygen atoms in total. The number of nitrogens with two attached hydrogens (primary N) is 1. The minimum atomic E-state index is -0.648. The van der Waals surface area contributed by atoms with Gasteiger partial charge in [-0.15, -0.1) is 0 Å². The van der Waals surface area contributed by atoms with E-state index in [2.05, 4.69) is 6.92 Å². The van der Waals surface area contributed by atoms with Gasteiger partial charge in [-0.05, 0) is 44.3 Å². The number of nitrogens with zero attached hydrogens (tertiary/aromatic N) is 1. The van der Waals surface area contributed by atoms with Gasteiger partial charge in [-0.3, -0.25) is 9.59 Å². The van der Waals surface area contributed by atoms with Crippen molar-refractivity contribution in [3.8, 4) is 5.75 Å². The molecule has 2 amide bonds. The quantitative estimate of drug-likeness (QED) is 0.476. The van der Waals surface area contributed by atoms with Gasteiger partial charge in [-0.2, -0.15) is 0 Å². The third-order valence-electron chi connectivity index (χ3n) is 5.15. The van der Waals surface area contributed by atoms with Crippen molar-refractivity contribution < 1.29 is 23.5 Å². The smallest absolute Gasteiger partial charge is 0.254 e. The first-order valence-corrected chi connectivity index (χ1v) is 12.2. The van der Waals surface area contributed by atoms with Gasteiger partial charge in [-0.1, -0.05) is 34.0 Å². The molecular formula is C22H31ClFN2O4P. The van der Waals surface area contributed by atoms with Crippen molar-refractivity contribution in [2.24, 2.45) is 5.73 Å². The minimum Gasteiger partial charge on any atom is -0.485 e. The van der Waals surface area contributed by atoms with E-state index in [0.717, 1.165) is 31.5 Å². The fourth-order valence-corrected chi connectivity index (χ4v) is 4.71. The number of hydrogen-bond donors (Lipinski definition) is 1. The van der Waals surface area contributed by atoms with E-state index in [9.17, 15) is 14.0 Å². The highest BCUT2D eigenvalue weighted by atomic mass is 35.5. The SMILES string of the molecule is CCPC(CC)Oc1cc(N(CCOC)C(=O)C2=C(C(N)=O)CCCC2)c(F)cc1Cl. The Morgan fingerprint density at radius 3 is 2.52 bits per heavy atom. The maximum absolute atomic E-state index is 15.0. The molecular weight excluding hydrogens is 442 g/mol. The number of rotatable bonds is 11. The molecule has 0 heterocycles. The number of carbonyl (C=O) groups excluding carboxylic acids is 2. The summed E-state index contributed by atoms with van der Waals surface area (Å²) in [7, 11) is 2.08. The van der Waals surface area contributed by atoms with Crippen LogP contribution in [0.1, 0.15) is 46.0 Å². The van der Waals surface area contributed by atoms with Crippen LogP contribution in [0.5, 0.6) is 5.75 Å². The van der Waals surface area contributed by atoms with Crippen LogP contribution >= 0.6 is 20.2 Å². The summed E-state index contributed by atoms with van der Waals surface area (Å²) >= 11 is 6.24. The van der Waals surface area contributed by atoms with Crippen molar-refractivity contribution in [2.75, 3.05) is 31.3 Å². The van der Waals surface area contributed by atoms with E-state index in [1.807, 2.05) is 6.92 Å². The summed E-state index contributed by atoms with van der Waals surface area (Å²) in [4.78, 5) is 26.6. The van der Waals surface area contributed by atoms with Gasteiger partial charge in [0.25, 0.3) is 5.91 Å². The van der Waals surface area contributed by atoms with Crippen molar-refractivity contribution in [3.05, 3.63) is 34.1 Å². The Morgan fingerprint density at radius 1 is 1.26 bits per heavy atom. The first-order chi connectivity index (χ1) is 14.8. The lowest BCUT2D eigenvalue weighted by Gasteiger charge is -2.28. The van der Waals surface area contributed by atoms with Gasteiger partial charge in [0.05, 0.1) is 17.3 Å². The molecule has 2 N–H and O–H groups in total. The lowest BCUT2D eigenvalue weighted by Crippen LogP contribution is -2.37. The number of benzene rings is 1. The highest BCUT2D eigenvalue weighted by Crippen LogP contribution is 2.37. The van der Waals surface area contributed by atoms with Gasteiger partial charge < -0.3 is 20.1 Å². The second-order valence-corrected chi connectivity index (χ2v) is 9.45. The Hall–Kier alpha value is -1.69. The van der Waals surface area contributed by atoms with Gasteiger partial charge in [0.15, 0.2) is 0 Å². The number of carbonyl (C=O) groups is 2. The second-order valence-electron chi connectivity index (χ2n) is 7.28. The topological polar surface area (TPSA) is 81.9 Å². The molecule has 2 rings (SSSR count). The van der Waals surface area contributed by atoms with Crippen LogP contribution in [0.2, 0.25) is 5.02 Å². The van der Waals surface area contributed by atoms with E-state index in [4.69, 9.17) is 26.8 Å². The van der Waals surface area contributed by atoms with Gasteiger partial charge in [-0.25, -0.2) is 4.39 Å². The van der Waals surface area contributed by atoms with Gasteiger partial charge in [0, 0.05) is 30.9 Å². The Balaban J connectivity index is 2.48. The molecule has 0 fully saturated rings. The Morgan fingerprint density at radius 2 is 1.94 bits per heavy atom. The molecule has 1 aromatic carbocycles. The number of primary amides is 1. The zero-order valence-corrected chi connectivity index (χ0v) is 20.1. The maximum atomic E-state index is 15.0. The molecule has 0 saturated heterocycles. The lowest BCUT2D eigenvalue weighted by molar-refractivity contribution is -0.118. The van der Waals surface area contributed by atoms with Crippen molar-refractivity contribution in [1.82, 2.24) is 0 Å². The standard InChI is InChI=1S/C22H31ClFN2O4P/c1-4-20(31-5-2)30-19-13-18(17(24)12-16(19)23)26(10-11-29-3)22(28)15-9-7-6-8-14(15)21(25)27/h12-13,20,31H,4-11H2,1-3H3,(H2,25,27). The largest absolute Gasteiger partial charge is 0.485 e. The van der Waals surface area contributed by atoms with Crippen LogP contribution in [0.15, 0.2) is 23.3 Å². The summed E-state index contributed by atoms with van der Waals surface area (Å²) in [5.74, 6) is -1.41. The third-order valence-corrected chi connectivity index (χ3v) is 6.84. The molecule has 1 aliphatic rings. The molecule has 2 atom stereocenters. The van der Waals surface area contributed by atoms with E-state index in [1.54, 1.807) is 0 Å². The average Bonchev–Trinajstić information content (AvgIpc) is 2.75. The average molecular weight is 473 g/mol. The molecule has 1 aromatic rings. The van der Waals surface area contributed by atoms with E-state index in [-0.39, 0.29) is 29.7 Å². The van der Waals surface area contributed by atoms with Gasteiger partial charge in [0.2, 0.25) is 5.91 Å².